The van der Waals surface area contributed by atoms with Gasteiger partial charge in [-0.15, -0.1) is 24.0 Å². The predicted octanol–water partition coefficient (Wildman–Crippen LogP) is 2.96. The monoisotopic (exact) mass is 515 g/mol. The largest absolute Gasteiger partial charge is 0.450 e. The number of hydrogen-bond acceptors (Lipinski definition) is 4. The summed E-state index contributed by atoms with van der Waals surface area (Å²) in [6.07, 6.45) is 3.02. The molecule has 1 amide bonds. The van der Waals surface area contributed by atoms with Gasteiger partial charge in [0.2, 0.25) is 0 Å². The van der Waals surface area contributed by atoms with Gasteiger partial charge < -0.3 is 25.6 Å². The number of carbonyl (C=O) groups excluding carboxylic acids is 1. The molecule has 1 saturated carbocycles. The number of halogens is 1. The van der Waals surface area contributed by atoms with Gasteiger partial charge in [0.1, 0.15) is 0 Å². The zero-order valence-corrected chi connectivity index (χ0v) is 19.7. The number of anilines is 1. The zero-order chi connectivity index (χ0) is 19.8. The van der Waals surface area contributed by atoms with Crippen LogP contribution in [0.3, 0.4) is 0 Å². The lowest BCUT2D eigenvalue weighted by atomic mass is 10.2. The number of carbonyl (C=O) groups is 1. The first-order chi connectivity index (χ1) is 13.7. The van der Waals surface area contributed by atoms with Crippen LogP contribution >= 0.6 is 24.0 Å². The summed E-state index contributed by atoms with van der Waals surface area (Å²) in [5.41, 5.74) is 1.26. The minimum Gasteiger partial charge on any atom is -0.450 e. The maximum atomic E-state index is 11.8. The highest BCUT2D eigenvalue weighted by Crippen LogP contribution is 2.32. The average molecular weight is 515 g/mol. The Morgan fingerprint density at radius 3 is 2.66 bits per heavy atom. The van der Waals surface area contributed by atoms with Crippen molar-refractivity contribution >= 4 is 41.7 Å². The highest BCUT2D eigenvalue weighted by Gasteiger charge is 2.32. The van der Waals surface area contributed by atoms with Crippen LogP contribution in [0.15, 0.2) is 35.3 Å². The molecule has 8 heteroatoms. The molecule has 0 bridgehead atoms. The fourth-order valence-electron chi connectivity index (χ4n) is 3.59. The van der Waals surface area contributed by atoms with Crippen LogP contribution in [0.25, 0.3) is 0 Å². The van der Waals surface area contributed by atoms with Gasteiger partial charge in [-0.25, -0.2) is 4.79 Å². The topological polar surface area (TPSA) is 78.0 Å². The third-order valence-electron chi connectivity index (χ3n) is 5.21. The van der Waals surface area contributed by atoms with Crippen molar-refractivity contribution in [3.05, 3.63) is 30.3 Å². The number of aliphatic imine (C=N–C) groups is 1. The van der Waals surface area contributed by atoms with Gasteiger partial charge in [-0.2, -0.15) is 0 Å². The lowest BCUT2D eigenvalue weighted by Gasteiger charge is -2.21. The quantitative estimate of drug-likeness (QED) is 0.282. The van der Waals surface area contributed by atoms with Crippen LogP contribution < -0.4 is 20.9 Å². The van der Waals surface area contributed by atoms with Crippen LogP contribution in [0.2, 0.25) is 0 Å². The average Bonchev–Trinajstić information content (AvgIpc) is 3.44. The van der Waals surface area contributed by atoms with E-state index < -0.39 is 0 Å². The summed E-state index contributed by atoms with van der Waals surface area (Å²) >= 11 is 0. The number of nitrogens with zero attached hydrogens (tertiary/aromatic N) is 2. The van der Waals surface area contributed by atoms with Crippen LogP contribution in [0, 0.1) is 5.92 Å². The first-order valence-corrected chi connectivity index (χ1v) is 10.5. The molecule has 1 aromatic carbocycles. The van der Waals surface area contributed by atoms with E-state index in [4.69, 9.17) is 9.73 Å². The first-order valence-electron chi connectivity index (χ1n) is 10.5. The molecule has 3 rings (SSSR count). The van der Waals surface area contributed by atoms with Crippen LogP contribution in [0.1, 0.15) is 33.1 Å². The van der Waals surface area contributed by atoms with Gasteiger partial charge >= 0.3 is 6.09 Å². The zero-order valence-electron chi connectivity index (χ0n) is 17.4. The molecular weight excluding hydrogens is 481 g/mol. The summed E-state index contributed by atoms with van der Waals surface area (Å²) in [4.78, 5) is 18.9. The molecule has 0 radical (unpaired) electrons. The van der Waals surface area contributed by atoms with Crippen LogP contribution in [-0.4, -0.2) is 56.9 Å². The van der Waals surface area contributed by atoms with Crippen molar-refractivity contribution in [3.63, 3.8) is 0 Å². The van der Waals surface area contributed by atoms with E-state index >= 15 is 0 Å². The van der Waals surface area contributed by atoms with Gasteiger partial charge in [-0.3, -0.25) is 4.99 Å². The van der Waals surface area contributed by atoms with E-state index in [2.05, 4.69) is 52.0 Å². The second kappa shape index (κ2) is 12.1. The first kappa shape index (κ1) is 23.6. The van der Waals surface area contributed by atoms with Gasteiger partial charge in [-0.1, -0.05) is 18.2 Å². The fourth-order valence-corrected chi connectivity index (χ4v) is 3.59. The van der Waals surface area contributed by atoms with Crippen molar-refractivity contribution in [1.82, 2.24) is 16.0 Å². The molecule has 2 unspecified atom stereocenters. The SMILES string of the molecule is CCNC(=NCC(NC(=O)OCC)C1CC1)NC1CCN(c2ccccc2)C1.I. The fraction of sp³-hybridized carbons (Fsp3) is 0.619. The lowest BCUT2D eigenvalue weighted by Crippen LogP contribution is -2.46. The van der Waals surface area contributed by atoms with Crippen molar-refractivity contribution < 1.29 is 9.53 Å². The molecule has 2 atom stereocenters. The Bertz CT molecular complexity index is 654. The van der Waals surface area contributed by atoms with Gasteiger partial charge in [0.25, 0.3) is 0 Å². The molecule has 162 valence electrons. The normalized spacial score (nSPS) is 19.9. The Kier molecular flexibility index (Phi) is 9.83. The smallest absolute Gasteiger partial charge is 0.407 e. The van der Waals surface area contributed by atoms with E-state index in [0.29, 0.717) is 25.1 Å². The molecule has 0 aromatic heterocycles. The van der Waals surface area contributed by atoms with Gasteiger partial charge in [0, 0.05) is 31.4 Å². The van der Waals surface area contributed by atoms with Crippen molar-refractivity contribution in [3.8, 4) is 0 Å². The summed E-state index contributed by atoms with van der Waals surface area (Å²) < 4.78 is 5.03. The second-order valence-electron chi connectivity index (χ2n) is 7.44. The van der Waals surface area contributed by atoms with E-state index in [1.165, 1.54) is 5.69 Å². The Balaban J connectivity index is 0.00000300. The van der Waals surface area contributed by atoms with E-state index in [9.17, 15) is 4.79 Å². The van der Waals surface area contributed by atoms with Crippen molar-refractivity contribution in [2.45, 2.75) is 45.2 Å². The highest BCUT2D eigenvalue weighted by atomic mass is 127. The van der Waals surface area contributed by atoms with Gasteiger partial charge in [0.15, 0.2) is 5.96 Å². The molecule has 1 heterocycles. The van der Waals surface area contributed by atoms with Crippen molar-refractivity contribution in [2.75, 3.05) is 37.7 Å². The molecule has 2 aliphatic rings. The van der Waals surface area contributed by atoms with Crippen molar-refractivity contribution in [1.29, 1.82) is 0 Å². The standard InChI is InChI=1S/C21H33N5O2.HI/c1-3-22-20(23-14-19(16-10-11-16)25-21(27)28-4-2)24-17-12-13-26(15-17)18-8-6-5-7-9-18;/h5-9,16-17,19H,3-4,10-15H2,1-2H3,(H,25,27)(H2,22,23,24);1H. The number of guanidine groups is 1. The number of rotatable bonds is 8. The summed E-state index contributed by atoms with van der Waals surface area (Å²) in [6.45, 7) is 7.64. The van der Waals surface area contributed by atoms with E-state index in [1.807, 2.05) is 13.0 Å². The predicted molar refractivity (Wildman–Crippen MR) is 128 cm³/mol. The number of nitrogens with one attached hydrogen (secondary N) is 3. The maximum Gasteiger partial charge on any atom is 0.407 e. The highest BCUT2D eigenvalue weighted by molar-refractivity contribution is 14.0. The summed E-state index contributed by atoms with van der Waals surface area (Å²) in [5.74, 6) is 1.33. The lowest BCUT2D eigenvalue weighted by molar-refractivity contribution is 0.147. The summed E-state index contributed by atoms with van der Waals surface area (Å²) in [5, 5.41) is 9.86. The molecule has 29 heavy (non-hydrogen) atoms. The Morgan fingerprint density at radius 2 is 2.00 bits per heavy atom. The van der Waals surface area contributed by atoms with Crippen LogP contribution in [0.4, 0.5) is 10.5 Å². The Morgan fingerprint density at radius 1 is 1.24 bits per heavy atom. The molecule has 1 saturated heterocycles. The molecule has 3 N–H and O–H groups in total. The number of alkyl carbamates (subject to hydrolysis) is 1. The van der Waals surface area contributed by atoms with E-state index in [-0.39, 0.29) is 36.1 Å². The maximum absolute atomic E-state index is 11.8. The molecule has 1 aromatic rings. The summed E-state index contributed by atoms with van der Waals surface area (Å²) in [7, 11) is 0. The van der Waals surface area contributed by atoms with E-state index in [1.54, 1.807) is 0 Å². The molecule has 2 fully saturated rings. The number of hydrogen-bond donors (Lipinski definition) is 3. The Hall–Kier alpha value is -1.71. The molecule has 7 nitrogen and oxygen atoms in total. The Labute approximate surface area is 191 Å². The number of ether oxygens (including phenoxy) is 1. The molecule has 1 aliphatic heterocycles. The van der Waals surface area contributed by atoms with E-state index in [0.717, 1.165) is 44.9 Å². The third kappa shape index (κ3) is 7.56. The number of benzene rings is 1. The summed E-state index contributed by atoms with van der Waals surface area (Å²) in [6, 6.07) is 10.9. The van der Waals surface area contributed by atoms with Gasteiger partial charge in [-0.05, 0) is 51.2 Å². The second-order valence-corrected chi connectivity index (χ2v) is 7.44. The molecular formula is C21H34IN5O2. The molecule has 1 aliphatic carbocycles. The van der Waals surface area contributed by atoms with Gasteiger partial charge in [0.05, 0.1) is 19.2 Å². The van der Waals surface area contributed by atoms with Crippen LogP contribution in [-0.2, 0) is 4.74 Å². The number of amides is 1. The molecule has 0 spiro atoms. The minimum atomic E-state index is -0.346. The third-order valence-corrected chi connectivity index (χ3v) is 5.21. The van der Waals surface area contributed by atoms with Crippen molar-refractivity contribution in [2.24, 2.45) is 10.9 Å². The van der Waals surface area contributed by atoms with Crippen LogP contribution in [0.5, 0.6) is 0 Å². The minimum absolute atomic E-state index is 0. The number of para-hydroxylation sites is 1.